The average Bonchev–Trinajstić information content (AvgIpc) is 2.39. The van der Waals surface area contributed by atoms with E-state index in [2.05, 4.69) is 5.32 Å². The van der Waals surface area contributed by atoms with Gasteiger partial charge in [0, 0.05) is 6.04 Å². The van der Waals surface area contributed by atoms with Gasteiger partial charge in [0.1, 0.15) is 11.9 Å². The summed E-state index contributed by atoms with van der Waals surface area (Å²) in [5.74, 6) is 0.718. The first kappa shape index (κ1) is 11.4. The predicted molar refractivity (Wildman–Crippen MR) is 62.5 cm³/mol. The van der Waals surface area contributed by atoms with Gasteiger partial charge in [0.2, 0.25) is 0 Å². The molecule has 88 valence electrons. The van der Waals surface area contributed by atoms with E-state index in [1.54, 1.807) is 13.2 Å². The molecule has 1 aromatic rings. The number of hydrogen-bond donors (Lipinski definition) is 1. The summed E-state index contributed by atoms with van der Waals surface area (Å²) in [6.45, 7) is 0.926. The fourth-order valence-electron chi connectivity index (χ4n) is 2.17. The minimum atomic E-state index is -0.935. The molecule has 1 fully saturated rings. The highest BCUT2D eigenvalue weighted by molar-refractivity contribution is 5.30. The second kappa shape index (κ2) is 5.30. The van der Waals surface area contributed by atoms with Crippen molar-refractivity contribution in [3.63, 3.8) is 0 Å². The zero-order valence-electron chi connectivity index (χ0n) is 9.58. The van der Waals surface area contributed by atoms with Crippen molar-refractivity contribution in [3.8, 4) is 5.75 Å². The van der Waals surface area contributed by atoms with Crippen LogP contribution in [-0.4, -0.2) is 19.7 Å². The predicted octanol–water partition coefficient (Wildman–Crippen LogP) is 2.85. The van der Waals surface area contributed by atoms with Crippen molar-refractivity contribution >= 4 is 0 Å². The topological polar surface area (TPSA) is 21.3 Å². The van der Waals surface area contributed by atoms with Gasteiger partial charge in [0.15, 0.2) is 0 Å². The van der Waals surface area contributed by atoms with Crippen LogP contribution in [0.25, 0.3) is 0 Å². The summed E-state index contributed by atoms with van der Waals surface area (Å²) >= 11 is 0. The molecule has 1 saturated heterocycles. The lowest BCUT2D eigenvalue weighted by atomic mass is 9.96. The Labute approximate surface area is 95.8 Å². The molecule has 1 aliphatic heterocycles. The Morgan fingerprint density at radius 1 is 1.44 bits per heavy atom. The summed E-state index contributed by atoms with van der Waals surface area (Å²) in [7, 11) is 1.60. The van der Waals surface area contributed by atoms with Gasteiger partial charge in [-0.3, -0.25) is 0 Å². The number of alkyl halides is 1. The van der Waals surface area contributed by atoms with Crippen molar-refractivity contribution in [2.45, 2.75) is 31.5 Å². The molecule has 1 N–H and O–H groups in total. The Hall–Kier alpha value is -1.09. The molecule has 0 amide bonds. The summed E-state index contributed by atoms with van der Waals surface area (Å²) < 4.78 is 19.3. The lowest BCUT2D eigenvalue weighted by molar-refractivity contribution is 0.221. The third-order valence-electron chi connectivity index (χ3n) is 3.11. The maximum Gasteiger partial charge on any atom is 0.140 e. The number of nitrogens with one attached hydrogen (secondary N) is 1. The van der Waals surface area contributed by atoms with E-state index in [1.165, 1.54) is 0 Å². The van der Waals surface area contributed by atoms with E-state index in [1.807, 2.05) is 18.2 Å². The van der Waals surface area contributed by atoms with Gasteiger partial charge in [-0.2, -0.15) is 0 Å². The highest BCUT2D eigenvalue weighted by atomic mass is 19.1. The maximum absolute atomic E-state index is 14.2. The van der Waals surface area contributed by atoms with E-state index in [-0.39, 0.29) is 6.04 Å². The molecule has 2 nitrogen and oxygen atoms in total. The molecule has 3 heteroatoms. The molecular formula is C13H18FNO. The van der Waals surface area contributed by atoms with Crippen LogP contribution < -0.4 is 10.1 Å². The zero-order valence-corrected chi connectivity index (χ0v) is 9.58. The SMILES string of the molecule is COc1cccc(C(F)C2CCCCN2)c1. The van der Waals surface area contributed by atoms with Gasteiger partial charge in [0.05, 0.1) is 7.11 Å². The standard InChI is InChI=1S/C13H18FNO/c1-16-11-6-4-5-10(9-11)13(14)12-7-2-3-8-15-12/h4-6,9,12-13,15H,2-3,7-8H2,1H3. The highest BCUT2D eigenvalue weighted by Gasteiger charge is 2.24. The van der Waals surface area contributed by atoms with E-state index >= 15 is 0 Å². The molecule has 0 aromatic heterocycles. The number of rotatable bonds is 3. The molecule has 1 aromatic carbocycles. The van der Waals surface area contributed by atoms with Gasteiger partial charge >= 0.3 is 0 Å². The van der Waals surface area contributed by atoms with Gasteiger partial charge in [-0.1, -0.05) is 18.6 Å². The van der Waals surface area contributed by atoms with Crippen molar-refractivity contribution < 1.29 is 9.13 Å². The molecule has 0 bridgehead atoms. The number of benzene rings is 1. The monoisotopic (exact) mass is 223 g/mol. The Morgan fingerprint density at radius 3 is 3.00 bits per heavy atom. The van der Waals surface area contributed by atoms with Crippen molar-refractivity contribution in [1.82, 2.24) is 5.32 Å². The Balaban J connectivity index is 2.09. The van der Waals surface area contributed by atoms with Gasteiger partial charge < -0.3 is 10.1 Å². The van der Waals surface area contributed by atoms with E-state index in [0.29, 0.717) is 5.56 Å². The van der Waals surface area contributed by atoms with E-state index in [9.17, 15) is 4.39 Å². The number of methoxy groups -OCH3 is 1. The largest absolute Gasteiger partial charge is 0.497 e. The third kappa shape index (κ3) is 2.53. The smallest absolute Gasteiger partial charge is 0.140 e. The number of piperidine rings is 1. The Bertz CT molecular complexity index is 336. The summed E-state index contributed by atoms with van der Waals surface area (Å²) in [5, 5.41) is 3.24. The summed E-state index contributed by atoms with van der Waals surface area (Å²) in [6, 6.07) is 7.24. The quantitative estimate of drug-likeness (QED) is 0.850. The maximum atomic E-state index is 14.2. The second-order valence-corrected chi connectivity index (χ2v) is 4.23. The van der Waals surface area contributed by atoms with Gasteiger partial charge in [-0.25, -0.2) is 4.39 Å². The van der Waals surface area contributed by atoms with Crippen molar-refractivity contribution in [1.29, 1.82) is 0 Å². The molecular weight excluding hydrogens is 205 g/mol. The molecule has 2 rings (SSSR count). The molecule has 1 aliphatic rings. The van der Waals surface area contributed by atoms with Crippen LogP contribution in [0.1, 0.15) is 31.0 Å². The van der Waals surface area contributed by atoms with Crippen LogP contribution in [-0.2, 0) is 0 Å². The lowest BCUT2D eigenvalue weighted by Crippen LogP contribution is -2.37. The Kier molecular flexibility index (Phi) is 3.78. The average molecular weight is 223 g/mol. The van der Waals surface area contributed by atoms with Crippen molar-refractivity contribution in [2.75, 3.05) is 13.7 Å². The molecule has 16 heavy (non-hydrogen) atoms. The summed E-state index contributed by atoms with van der Waals surface area (Å²) in [5.41, 5.74) is 0.707. The van der Waals surface area contributed by atoms with Crippen LogP contribution >= 0.6 is 0 Å². The lowest BCUT2D eigenvalue weighted by Gasteiger charge is -2.26. The summed E-state index contributed by atoms with van der Waals surface area (Å²) in [6.07, 6.45) is 2.25. The van der Waals surface area contributed by atoms with E-state index in [4.69, 9.17) is 4.74 Å². The van der Waals surface area contributed by atoms with Crippen LogP contribution in [0.5, 0.6) is 5.75 Å². The third-order valence-corrected chi connectivity index (χ3v) is 3.11. The van der Waals surface area contributed by atoms with Gasteiger partial charge in [-0.15, -0.1) is 0 Å². The molecule has 0 radical (unpaired) electrons. The fourth-order valence-corrected chi connectivity index (χ4v) is 2.17. The summed E-state index contributed by atoms with van der Waals surface area (Å²) in [4.78, 5) is 0. The van der Waals surface area contributed by atoms with Crippen molar-refractivity contribution in [3.05, 3.63) is 29.8 Å². The first-order valence-corrected chi connectivity index (χ1v) is 5.82. The molecule has 0 spiro atoms. The number of ether oxygens (including phenoxy) is 1. The van der Waals surface area contributed by atoms with E-state index < -0.39 is 6.17 Å². The van der Waals surface area contributed by atoms with E-state index in [0.717, 1.165) is 31.6 Å². The fraction of sp³-hybridized carbons (Fsp3) is 0.538. The van der Waals surface area contributed by atoms with Crippen LogP contribution in [0.2, 0.25) is 0 Å². The number of hydrogen-bond acceptors (Lipinski definition) is 2. The van der Waals surface area contributed by atoms with Gasteiger partial charge in [-0.05, 0) is 37.1 Å². The van der Waals surface area contributed by atoms with Crippen LogP contribution in [0, 0.1) is 0 Å². The van der Waals surface area contributed by atoms with Crippen LogP contribution in [0.15, 0.2) is 24.3 Å². The second-order valence-electron chi connectivity index (χ2n) is 4.23. The first-order valence-electron chi connectivity index (χ1n) is 5.82. The molecule has 1 heterocycles. The normalized spacial score (nSPS) is 22.8. The molecule has 2 atom stereocenters. The first-order chi connectivity index (χ1) is 7.81. The number of halogens is 1. The zero-order chi connectivity index (χ0) is 11.4. The molecule has 2 unspecified atom stereocenters. The van der Waals surface area contributed by atoms with Crippen molar-refractivity contribution in [2.24, 2.45) is 0 Å². The minimum Gasteiger partial charge on any atom is -0.497 e. The molecule has 0 aliphatic carbocycles. The van der Waals surface area contributed by atoms with Gasteiger partial charge in [0.25, 0.3) is 0 Å². The Morgan fingerprint density at radius 2 is 2.31 bits per heavy atom. The highest BCUT2D eigenvalue weighted by Crippen LogP contribution is 2.28. The molecule has 0 saturated carbocycles. The van der Waals surface area contributed by atoms with Crippen LogP contribution in [0.3, 0.4) is 0 Å². The van der Waals surface area contributed by atoms with Crippen LogP contribution in [0.4, 0.5) is 4.39 Å². The minimum absolute atomic E-state index is 0.0409.